The number of carbonyl (C=O) groups is 2. The molecule has 0 aromatic heterocycles. The van der Waals surface area contributed by atoms with Crippen molar-refractivity contribution in [1.82, 2.24) is 0 Å². The fourth-order valence-corrected chi connectivity index (χ4v) is 12.8. The van der Waals surface area contributed by atoms with E-state index in [0.29, 0.717) is 23.9 Å². The molecule has 2 atom stereocenters. The Hall–Kier alpha value is -2.03. The van der Waals surface area contributed by atoms with E-state index < -0.39 is 26.5 Å². The van der Waals surface area contributed by atoms with Crippen molar-refractivity contribution in [2.24, 2.45) is 0 Å². The van der Waals surface area contributed by atoms with Gasteiger partial charge in [0.2, 0.25) is 0 Å². The maximum Gasteiger partial charge on any atom is 0.472 e. The monoisotopic (exact) mass is 1300 g/mol. The first-order valence-electron chi connectivity index (χ1n) is 39.9. The Kier molecular flexibility index (Phi) is 70.6. The van der Waals surface area contributed by atoms with E-state index >= 15 is 0 Å². The van der Waals surface area contributed by atoms with Gasteiger partial charge in [0.25, 0.3) is 0 Å². The van der Waals surface area contributed by atoms with E-state index in [9.17, 15) is 19.0 Å². The normalized spacial score (nSPS) is 13.3. The fraction of sp³-hybridized carbons (Fsp3) is 0.877. The molecule has 0 saturated carbocycles. The highest BCUT2D eigenvalue weighted by molar-refractivity contribution is 7.47. The molecule has 0 aliphatic rings. The molecule has 0 radical (unpaired) electrons. The summed E-state index contributed by atoms with van der Waals surface area (Å²) in [5.41, 5.74) is 0. The largest absolute Gasteiger partial charge is 0.472 e. The number of phosphoric ester groups is 1. The Morgan fingerprint density at radius 2 is 0.626 bits per heavy atom. The highest BCUT2D eigenvalue weighted by atomic mass is 31.2. The van der Waals surface area contributed by atoms with Gasteiger partial charge in [-0.3, -0.25) is 18.6 Å². The molecule has 1 N–H and O–H groups in total. The van der Waals surface area contributed by atoms with Crippen LogP contribution in [0.2, 0.25) is 0 Å². The van der Waals surface area contributed by atoms with Crippen molar-refractivity contribution in [3.8, 4) is 0 Å². The lowest BCUT2D eigenvalue weighted by molar-refractivity contribution is -0.870. The first-order chi connectivity index (χ1) is 44.5. The first kappa shape index (κ1) is 89.0. The van der Waals surface area contributed by atoms with E-state index in [1.807, 2.05) is 21.1 Å². The van der Waals surface area contributed by atoms with Gasteiger partial charge in [0, 0.05) is 12.8 Å². The summed E-state index contributed by atoms with van der Waals surface area (Å²) in [4.78, 5) is 36.0. The van der Waals surface area contributed by atoms with Crippen LogP contribution in [0.15, 0.2) is 48.6 Å². The molecule has 91 heavy (non-hydrogen) atoms. The third-order valence-corrected chi connectivity index (χ3v) is 19.1. The van der Waals surface area contributed by atoms with Crippen molar-refractivity contribution in [3.05, 3.63) is 48.6 Å². The van der Waals surface area contributed by atoms with Crippen molar-refractivity contribution in [2.45, 2.75) is 412 Å². The van der Waals surface area contributed by atoms with Gasteiger partial charge in [-0.15, -0.1) is 0 Å². The summed E-state index contributed by atoms with van der Waals surface area (Å²) in [5.74, 6) is -0.770. The van der Waals surface area contributed by atoms with Crippen molar-refractivity contribution in [3.63, 3.8) is 0 Å². The van der Waals surface area contributed by atoms with E-state index in [-0.39, 0.29) is 25.6 Å². The molecule has 0 heterocycles. The maximum atomic E-state index is 12.9. The summed E-state index contributed by atoms with van der Waals surface area (Å²) < 4.78 is 34.8. The molecule has 10 heteroatoms. The predicted molar refractivity (Wildman–Crippen MR) is 395 cm³/mol. The van der Waals surface area contributed by atoms with E-state index in [4.69, 9.17) is 18.5 Å². The zero-order chi connectivity index (χ0) is 66.2. The number of hydrogen-bond donors (Lipinski definition) is 1. The highest BCUT2D eigenvalue weighted by Gasteiger charge is 2.27. The Morgan fingerprint density at radius 1 is 0.352 bits per heavy atom. The number of phosphoric acid groups is 1. The molecule has 0 aromatic carbocycles. The molecule has 536 valence electrons. The molecule has 0 fully saturated rings. The third-order valence-electron chi connectivity index (χ3n) is 18.1. The fourth-order valence-electron chi connectivity index (χ4n) is 12.1. The zero-order valence-corrected chi connectivity index (χ0v) is 62.3. The molecule has 2 unspecified atom stereocenters. The van der Waals surface area contributed by atoms with Crippen LogP contribution in [0.1, 0.15) is 406 Å². The zero-order valence-electron chi connectivity index (χ0n) is 61.4. The minimum atomic E-state index is -4.39. The second kappa shape index (κ2) is 72.2. The Bertz CT molecular complexity index is 1670. The first-order valence-corrected chi connectivity index (χ1v) is 41.4. The third kappa shape index (κ3) is 76.9. The number of esters is 2. The lowest BCUT2D eigenvalue weighted by Gasteiger charge is -2.24. The predicted octanol–water partition coefficient (Wildman–Crippen LogP) is 26.3. The van der Waals surface area contributed by atoms with Crippen LogP contribution in [0.5, 0.6) is 0 Å². The number of hydrogen-bond acceptors (Lipinski definition) is 7. The van der Waals surface area contributed by atoms with Crippen LogP contribution < -0.4 is 0 Å². The highest BCUT2D eigenvalue weighted by Crippen LogP contribution is 2.43. The summed E-state index contributed by atoms with van der Waals surface area (Å²) in [5, 5.41) is 0. The number of allylic oxidation sites excluding steroid dienone is 8. The van der Waals surface area contributed by atoms with Crippen LogP contribution in [0.4, 0.5) is 0 Å². The van der Waals surface area contributed by atoms with Crippen LogP contribution in [0, 0.1) is 0 Å². The summed E-state index contributed by atoms with van der Waals surface area (Å²) in [6, 6.07) is 0. The van der Waals surface area contributed by atoms with Crippen molar-refractivity contribution in [2.75, 3.05) is 47.5 Å². The summed E-state index contributed by atoms with van der Waals surface area (Å²) in [7, 11) is 1.50. The number of carbonyl (C=O) groups excluding carboxylic acids is 2. The van der Waals surface area contributed by atoms with E-state index in [1.54, 1.807) is 0 Å². The van der Waals surface area contributed by atoms with Crippen LogP contribution in [0.3, 0.4) is 0 Å². The minimum absolute atomic E-state index is 0.0356. The van der Waals surface area contributed by atoms with Crippen LogP contribution in [0.25, 0.3) is 0 Å². The van der Waals surface area contributed by atoms with Crippen LogP contribution in [-0.2, 0) is 32.7 Å². The van der Waals surface area contributed by atoms with Crippen molar-refractivity contribution < 1.29 is 42.1 Å². The minimum Gasteiger partial charge on any atom is -0.462 e. The molecule has 0 bridgehead atoms. The van der Waals surface area contributed by atoms with Gasteiger partial charge in [0.15, 0.2) is 6.10 Å². The lowest BCUT2D eigenvalue weighted by Crippen LogP contribution is -2.37. The molecule has 0 aliphatic heterocycles. The summed E-state index contributed by atoms with van der Waals surface area (Å²) >= 11 is 0. The standard InChI is InChI=1S/C81H154NO8P/c1-6-8-10-12-14-16-18-20-22-24-26-28-30-32-34-36-37-38-39-40-41-42-43-44-45-46-48-50-52-54-56-58-60-62-64-66-68-70-72-74-81(84)90-79(78-89-91(85,86)88-76-75-82(3,4)5)77-87-80(83)73-71-69-67-65-63-61-59-57-55-53-51-49-47-35-33-31-29-27-25-23-21-19-17-15-13-11-9-7-2/h8,10,14,16,20,22,26,28,79H,6-7,9,11-13,15,17-19,21,23-25,27,29-78H2,1-5H3/p+1/b10-8-,16-14-,22-20-,28-26-. The lowest BCUT2D eigenvalue weighted by atomic mass is 10.0. The van der Waals surface area contributed by atoms with Gasteiger partial charge in [-0.25, -0.2) is 4.57 Å². The van der Waals surface area contributed by atoms with Crippen molar-refractivity contribution in [1.29, 1.82) is 0 Å². The maximum absolute atomic E-state index is 12.9. The molecule has 0 aliphatic carbocycles. The summed E-state index contributed by atoms with van der Waals surface area (Å²) in [6.45, 7) is 4.41. The molecular weight excluding hydrogens is 1150 g/mol. The summed E-state index contributed by atoms with van der Waals surface area (Å²) in [6.07, 6.45) is 95.5. The van der Waals surface area contributed by atoms with Gasteiger partial charge in [-0.2, -0.15) is 0 Å². The van der Waals surface area contributed by atoms with Gasteiger partial charge in [-0.1, -0.05) is 390 Å². The number of unbranched alkanes of at least 4 members (excludes halogenated alkanes) is 53. The average molecular weight is 1300 g/mol. The quantitative estimate of drug-likeness (QED) is 0.0211. The number of rotatable bonds is 75. The van der Waals surface area contributed by atoms with Gasteiger partial charge >= 0.3 is 19.8 Å². The number of ether oxygens (including phenoxy) is 2. The second-order valence-corrected chi connectivity index (χ2v) is 29.9. The Balaban J connectivity index is 3.89. The number of nitrogens with zero attached hydrogens (tertiary/aromatic N) is 1. The molecular formula is C81H155NO8P+. The van der Waals surface area contributed by atoms with Gasteiger partial charge in [-0.05, 0) is 51.4 Å². The van der Waals surface area contributed by atoms with Gasteiger partial charge in [0.1, 0.15) is 19.8 Å². The van der Waals surface area contributed by atoms with E-state index in [0.717, 1.165) is 57.8 Å². The van der Waals surface area contributed by atoms with Gasteiger partial charge in [0.05, 0.1) is 27.7 Å². The van der Waals surface area contributed by atoms with Gasteiger partial charge < -0.3 is 18.9 Å². The number of likely N-dealkylation sites (N-methyl/N-ethyl adjacent to an activating group) is 1. The molecule has 0 amide bonds. The SMILES string of the molecule is CC/C=C\C/C=C\C/C=C\C/C=C\CCCCCCCCCCCCCCCCCCCCCCCCCCCCC(=O)OC(COC(=O)CCCCCCCCCCCCCCCCCCCCCCCCCCCCCC)COP(=O)(O)OCC[N+](C)(C)C. The van der Waals surface area contributed by atoms with E-state index in [1.165, 1.54) is 315 Å². The second-order valence-electron chi connectivity index (χ2n) is 28.4. The van der Waals surface area contributed by atoms with Crippen molar-refractivity contribution >= 4 is 19.8 Å². The topological polar surface area (TPSA) is 108 Å². The number of quaternary nitrogens is 1. The molecule has 9 nitrogen and oxygen atoms in total. The average Bonchev–Trinajstić information content (AvgIpc) is 3.30. The molecule has 0 aromatic rings. The van der Waals surface area contributed by atoms with E-state index in [2.05, 4.69) is 62.5 Å². The molecule has 0 rings (SSSR count). The Labute approximate surface area is 566 Å². The molecule has 0 saturated heterocycles. The smallest absolute Gasteiger partial charge is 0.462 e. The molecule has 0 spiro atoms. The Morgan fingerprint density at radius 3 is 0.934 bits per heavy atom. The van der Waals surface area contributed by atoms with Crippen LogP contribution >= 0.6 is 7.82 Å². The van der Waals surface area contributed by atoms with Crippen LogP contribution in [-0.4, -0.2) is 74.9 Å².